The van der Waals surface area contributed by atoms with E-state index < -0.39 is 0 Å². The fourth-order valence-electron chi connectivity index (χ4n) is 1.05. The third kappa shape index (κ3) is 0.940. The summed E-state index contributed by atoms with van der Waals surface area (Å²) in [5.74, 6) is 5.75. The van der Waals surface area contributed by atoms with Gasteiger partial charge in [0.2, 0.25) is 0 Å². The van der Waals surface area contributed by atoms with Crippen LogP contribution in [-0.4, -0.2) is 14.6 Å². The summed E-state index contributed by atoms with van der Waals surface area (Å²) in [5.41, 5.74) is 1.69. The number of rotatable bonds is 0. The molecule has 2 heterocycles. The van der Waals surface area contributed by atoms with Crippen LogP contribution in [0.4, 0.5) is 0 Å². The van der Waals surface area contributed by atoms with E-state index in [-0.39, 0.29) is 0 Å². The zero-order valence-corrected chi connectivity index (χ0v) is 6.65. The summed E-state index contributed by atoms with van der Waals surface area (Å²) in [6.07, 6.45) is 5.31. The molecule has 0 aromatic carbocycles. The quantitative estimate of drug-likeness (QED) is 0.536. The Kier molecular flexibility index (Phi) is 1.52. The third-order valence-electron chi connectivity index (χ3n) is 1.54. The Morgan fingerprint density at radius 3 is 3.25 bits per heavy atom. The van der Waals surface area contributed by atoms with E-state index in [1.54, 1.807) is 23.8 Å². The van der Waals surface area contributed by atoms with E-state index in [0.717, 1.165) is 11.2 Å². The van der Waals surface area contributed by atoms with E-state index in [9.17, 15) is 0 Å². The summed E-state index contributed by atoms with van der Waals surface area (Å²) in [7, 11) is 0. The van der Waals surface area contributed by atoms with E-state index in [4.69, 9.17) is 0 Å². The van der Waals surface area contributed by atoms with Gasteiger partial charge < -0.3 is 0 Å². The highest BCUT2D eigenvalue weighted by Gasteiger charge is 1.99. The first kappa shape index (κ1) is 6.86. The highest BCUT2D eigenvalue weighted by molar-refractivity contribution is 5.55. The molecule has 0 amide bonds. The molecule has 3 heteroatoms. The van der Waals surface area contributed by atoms with Gasteiger partial charge in [-0.2, -0.15) is 5.10 Å². The Labute approximate surface area is 70.1 Å². The van der Waals surface area contributed by atoms with Gasteiger partial charge in [-0.3, -0.25) is 0 Å². The van der Waals surface area contributed by atoms with Gasteiger partial charge in [0.15, 0.2) is 5.65 Å². The van der Waals surface area contributed by atoms with Gasteiger partial charge in [-0.15, -0.1) is 5.92 Å². The standard InChI is InChI=1S/C9H7N3/c1-2-4-8-7-11-12-6-3-5-10-9(8)12/h3,5-7H,1H3. The molecule has 2 aromatic rings. The van der Waals surface area contributed by atoms with Crippen molar-refractivity contribution in [3.05, 3.63) is 30.2 Å². The molecule has 2 aromatic heterocycles. The summed E-state index contributed by atoms with van der Waals surface area (Å²) in [5, 5.41) is 4.09. The van der Waals surface area contributed by atoms with Crippen molar-refractivity contribution in [3.8, 4) is 11.8 Å². The van der Waals surface area contributed by atoms with Crippen molar-refractivity contribution in [1.29, 1.82) is 0 Å². The summed E-state index contributed by atoms with van der Waals surface area (Å²) in [6.45, 7) is 1.80. The van der Waals surface area contributed by atoms with E-state index in [2.05, 4.69) is 21.9 Å². The molecule has 0 saturated heterocycles. The Balaban J connectivity index is 2.76. The van der Waals surface area contributed by atoms with Crippen molar-refractivity contribution in [2.75, 3.05) is 0 Å². The predicted molar refractivity (Wildman–Crippen MR) is 45.5 cm³/mol. The first-order chi connectivity index (χ1) is 5.92. The molecule has 0 radical (unpaired) electrons. The molecule has 0 aliphatic rings. The lowest BCUT2D eigenvalue weighted by atomic mass is 10.3. The largest absolute Gasteiger partial charge is 0.236 e. The second-order valence-electron chi connectivity index (χ2n) is 2.32. The Hall–Kier alpha value is -1.82. The highest BCUT2D eigenvalue weighted by Crippen LogP contribution is 2.03. The zero-order valence-electron chi connectivity index (χ0n) is 6.65. The number of aromatic nitrogens is 3. The molecule has 2 rings (SSSR count). The number of hydrogen-bond donors (Lipinski definition) is 0. The van der Waals surface area contributed by atoms with Crippen LogP contribution in [0.3, 0.4) is 0 Å². The van der Waals surface area contributed by atoms with E-state index in [1.807, 2.05) is 12.3 Å². The van der Waals surface area contributed by atoms with Crippen LogP contribution in [0.1, 0.15) is 12.5 Å². The lowest BCUT2D eigenvalue weighted by Gasteiger charge is -1.88. The van der Waals surface area contributed by atoms with Gasteiger partial charge in [0, 0.05) is 12.4 Å². The van der Waals surface area contributed by atoms with Crippen LogP contribution in [0.25, 0.3) is 5.65 Å². The fourth-order valence-corrected chi connectivity index (χ4v) is 1.05. The molecule has 0 aliphatic heterocycles. The van der Waals surface area contributed by atoms with Crippen LogP contribution in [0.5, 0.6) is 0 Å². The van der Waals surface area contributed by atoms with Crippen molar-refractivity contribution in [1.82, 2.24) is 14.6 Å². The average Bonchev–Trinajstić information content (AvgIpc) is 2.50. The van der Waals surface area contributed by atoms with Crippen molar-refractivity contribution in [3.63, 3.8) is 0 Å². The first-order valence-electron chi connectivity index (χ1n) is 3.63. The molecule has 0 bridgehead atoms. The first-order valence-corrected chi connectivity index (χ1v) is 3.63. The van der Waals surface area contributed by atoms with Crippen molar-refractivity contribution in [2.45, 2.75) is 6.92 Å². The van der Waals surface area contributed by atoms with Crippen LogP contribution in [0.2, 0.25) is 0 Å². The maximum Gasteiger partial charge on any atom is 0.170 e. The molecule has 0 saturated carbocycles. The van der Waals surface area contributed by atoms with Crippen LogP contribution < -0.4 is 0 Å². The number of nitrogens with zero attached hydrogens (tertiary/aromatic N) is 3. The molecule has 0 fully saturated rings. The van der Waals surface area contributed by atoms with Gasteiger partial charge in [0.05, 0.1) is 11.8 Å². The highest BCUT2D eigenvalue weighted by atomic mass is 15.2. The van der Waals surface area contributed by atoms with Crippen molar-refractivity contribution >= 4 is 5.65 Å². The smallest absolute Gasteiger partial charge is 0.170 e. The predicted octanol–water partition coefficient (Wildman–Crippen LogP) is 1.10. The fraction of sp³-hybridized carbons (Fsp3) is 0.111. The lowest BCUT2D eigenvalue weighted by molar-refractivity contribution is 0.939. The number of fused-ring (bicyclic) bond motifs is 1. The van der Waals surface area contributed by atoms with E-state index in [1.165, 1.54) is 0 Å². The topological polar surface area (TPSA) is 30.2 Å². The molecular weight excluding hydrogens is 150 g/mol. The molecule has 0 spiro atoms. The number of hydrogen-bond acceptors (Lipinski definition) is 2. The van der Waals surface area contributed by atoms with Crippen molar-refractivity contribution in [2.24, 2.45) is 0 Å². The van der Waals surface area contributed by atoms with E-state index >= 15 is 0 Å². The minimum absolute atomic E-state index is 0.812. The van der Waals surface area contributed by atoms with Crippen LogP contribution in [0.15, 0.2) is 24.7 Å². The van der Waals surface area contributed by atoms with Crippen LogP contribution in [-0.2, 0) is 0 Å². The van der Waals surface area contributed by atoms with Crippen LogP contribution >= 0.6 is 0 Å². The monoisotopic (exact) mass is 157 g/mol. The second kappa shape index (κ2) is 2.67. The summed E-state index contributed by atoms with van der Waals surface area (Å²) < 4.78 is 1.71. The summed E-state index contributed by atoms with van der Waals surface area (Å²) in [6, 6.07) is 1.84. The van der Waals surface area contributed by atoms with Gasteiger partial charge in [-0.25, -0.2) is 9.50 Å². The van der Waals surface area contributed by atoms with E-state index in [0.29, 0.717) is 0 Å². The Bertz CT molecular complexity index is 459. The van der Waals surface area contributed by atoms with Crippen LogP contribution in [0, 0.1) is 11.8 Å². The van der Waals surface area contributed by atoms with Gasteiger partial charge in [-0.05, 0) is 13.0 Å². The molecule has 0 N–H and O–H groups in total. The van der Waals surface area contributed by atoms with Crippen molar-refractivity contribution < 1.29 is 0 Å². The maximum atomic E-state index is 4.16. The maximum absolute atomic E-state index is 4.16. The Morgan fingerprint density at radius 2 is 2.42 bits per heavy atom. The zero-order chi connectivity index (χ0) is 8.39. The molecule has 0 atom stereocenters. The normalized spacial score (nSPS) is 9.42. The minimum Gasteiger partial charge on any atom is -0.236 e. The van der Waals surface area contributed by atoms with Gasteiger partial charge in [-0.1, -0.05) is 5.92 Å². The molecule has 12 heavy (non-hydrogen) atoms. The molecule has 0 unspecified atom stereocenters. The SMILES string of the molecule is CC#Cc1cnn2cccnc12. The summed E-state index contributed by atoms with van der Waals surface area (Å²) in [4.78, 5) is 4.16. The molecule has 58 valence electrons. The van der Waals surface area contributed by atoms with Gasteiger partial charge in [0.25, 0.3) is 0 Å². The average molecular weight is 157 g/mol. The van der Waals surface area contributed by atoms with Gasteiger partial charge in [0.1, 0.15) is 0 Å². The molecule has 0 aliphatic carbocycles. The Morgan fingerprint density at radius 1 is 1.50 bits per heavy atom. The second-order valence-corrected chi connectivity index (χ2v) is 2.32. The van der Waals surface area contributed by atoms with Gasteiger partial charge >= 0.3 is 0 Å². The minimum atomic E-state index is 0.812. The lowest BCUT2D eigenvalue weighted by Crippen LogP contribution is -1.87. The molecule has 3 nitrogen and oxygen atoms in total. The molecular formula is C9H7N3. The summed E-state index contributed by atoms with van der Waals surface area (Å²) >= 11 is 0. The third-order valence-corrected chi connectivity index (χ3v) is 1.54.